The lowest BCUT2D eigenvalue weighted by molar-refractivity contribution is -0.132. The molecule has 2 aliphatic rings. The molecule has 0 aromatic carbocycles. The Morgan fingerprint density at radius 1 is 0.967 bits per heavy atom. The summed E-state index contributed by atoms with van der Waals surface area (Å²) < 4.78 is 27.6. The Labute approximate surface area is 181 Å². The molecule has 2 aliphatic heterocycles. The summed E-state index contributed by atoms with van der Waals surface area (Å²) in [5.74, 6) is 1.15. The van der Waals surface area contributed by atoms with Gasteiger partial charge in [-0.05, 0) is 19.8 Å². The first-order valence-corrected chi connectivity index (χ1v) is 13.2. The van der Waals surface area contributed by atoms with E-state index < -0.39 is 9.84 Å². The van der Waals surface area contributed by atoms with Crippen molar-refractivity contribution in [3.05, 3.63) is 0 Å². The monoisotopic (exact) mass is 445 g/mol. The fourth-order valence-electron chi connectivity index (χ4n) is 3.68. The number of piperazine rings is 1. The highest BCUT2D eigenvalue weighted by atomic mass is 32.2. The molecule has 2 rings (SSSR count). The van der Waals surface area contributed by atoms with Gasteiger partial charge in [-0.15, -0.1) is 0 Å². The molecule has 2 fully saturated rings. The van der Waals surface area contributed by atoms with Gasteiger partial charge in [0.15, 0.2) is 5.96 Å². The average Bonchev–Trinajstić information content (AvgIpc) is 2.99. The molecule has 0 saturated carbocycles. The van der Waals surface area contributed by atoms with E-state index in [1.54, 1.807) is 0 Å². The number of nitrogens with one attached hydrogen (secondary N) is 1. The zero-order valence-corrected chi connectivity index (χ0v) is 19.5. The van der Waals surface area contributed by atoms with Crippen molar-refractivity contribution in [2.75, 3.05) is 84.1 Å². The molecule has 0 aliphatic carbocycles. The van der Waals surface area contributed by atoms with Crippen LogP contribution in [0.4, 0.5) is 0 Å². The van der Waals surface area contributed by atoms with Crippen molar-refractivity contribution < 1.29 is 17.9 Å². The normalized spacial score (nSPS) is 19.6. The van der Waals surface area contributed by atoms with Crippen molar-refractivity contribution in [3.63, 3.8) is 0 Å². The zero-order chi connectivity index (χ0) is 21.8. The van der Waals surface area contributed by atoms with Gasteiger partial charge in [0, 0.05) is 52.1 Å². The van der Waals surface area contributed by atoms with Gasteiger partial charge < -0.3 is 19.9 Å². The average molecular weight is 446 g/mol. The van der Waals surface area contributed by atoms with Gasteiger partial charge in [0.25, 0.3) is 0 Å². The summed E-state index contributed by atoms with van der Waals surface area (Å²) >= 11 is 0. The molecule has 10 heteroatoms. The highest BCUT2D eigenvalue weighted by molar-refractivity contribution is 7.90. The van der Waals surface area contributed by atoms with Crippen molar-refractivity contribution in [3.8, 4) is 0 Å². The molecule has 0 unspecified atom stereocenters. The van der Waals surface area contributed by atoms with Crippen LogP contribution in [0, 0.1) is 0 Å². The summed E-state index contributed by atoms with van der Waals surface area (Å²) in [4.78, 5) is 23.7. The number of guanidine groups is 1. The predicted molar refractivity (Wildman–Crippen MR) is 120 cm³/mol. The van der Waals surface area contributed by atoms with Crippen LogP contribution >= 0.6 is 0 Å². The number of likely N-dealkylation sites (tertiary alicyclic amines) is 1. The molecule has 0 aromatic rings. The van der Waals surface area contributed by atoms with Crippen molar-refractivity contribution >= 4 is 21.7 Å². The van der Waals surface area contributed by atoms with Crippen LogP contribution < -0.4 is 5.32 Å². The maximum absolute atomic E-state index is 12.6. The van der Waals surface area contributed by atoms with Crippen LogP contribution in [-0.4, -0.2) is 119 Å². The van der Waals surface area contributed by atoms with E-state index in [4.69, 9.17) is 4.74 Å². The van der Waals surface area contributed by atoms with Gasteiger partial charge in [0.05, 0.1) is 32.1 Å². The minimum absolute atomic E-state index is 0.0366. The lowest BCUT2D eigenvalue weighted by Crippen LogP contribution is -2.54. The fourth-order valence-corrected chi connectivity index (χ4v) is 4.10. The first-order chi connectivity index (χ1) is 14.4. The van der Waals surface area contributed by atoms with Gasteiger partial charge in [-0.2, -0.15) is 0 Å². The number of nitrogens with zero attached hydrogens (tertiary/aromatic N) is 4. The lowest BCUT2D eigenvalue weighted by Gasteiger charge is -2.37. The van der Waals surface area contributed by atoms with Gasteiger partial charge in [-0.3, -0.25) is 14.7 Å². The minimum Gasteiger partial charge on any atom is -0.378 e. The highest BCUT2D eigenvalue weighted by Crippen LogP contribution is 2.11. The summed E-state index contributed by atoms with van der Waals surface area (Å²) in [5.41, 5.74) is 0. The number of hydrogen-bond acceptors (Lipinski definition) is 6. The molecule has 0 bridgehead atoms. The Bertz CT molecular complexity index is 640. The number of aliphatic imine (C=N–C) groups is 1. The second-order valence-electron chi connectivity index (χ2n) is 8.04. The number of amides is 1. The summed E-state index contributed by atoms with van der Waals surface area (Å²) in [6, 6.07) is 0. The summed E-state index contributed by atoms with van der Waals surface area (Å²) in [7, 11) is -2.99. The van der Waals surface area contributed by atoms with E-state index in [1.807, 2.05) is 11.8 Å². The maximum atomic E-state index is 12.6. The van der Waals surface area contributed by atoms with Crippen LogP contribution in [-0.2, 0) is 19.4 Å². The summed E-state index contributed by atoms with van der Waals surface area (Å²) in [6.07, 6.45) is 5.93. The number of rotatable bonds is 9. The second-order valence-corrected chi connectivity index (χ2v) is 10.3. The lowest BCUT2D eigenvalue weighted by atomic mass is 10.2. The standard InChI is InChI=1S/C20H39N5O4S/c1-3-21-20(22-8-15-29-16-17-30(2,27)28)25-13-11-23(12-14-25)18-19(26)24-9-6-4-5-7-10-24/h3-18H2,1-2H3,(H,21,22). The molecule has 1 amide bonds. The van der Waals surface area contributed by atoms with E-state index in [1.165, 1.54) is 19.1 Å². The molecule has 0 aromatic heterocycles. The van der Waals surface area contributed by atoms with Gasteiger partial charge in [-0.25, -0.2) is 8.42 Å². The Morgan fingerprint density at radius 3 is 2.23 bits per heavy atom. The summed E-state index contributed by atoms with van der Waals surface area (Å²) in [6.45, 7) is 9.56. The van der Waals surface area contributed by atoms with E-state index in [2.05, 4.69) is 20.1 Å². The number of hydrogen-bond donors (Lipinski definition) is 1. The minimum atomic E-state index is -2.99. The van der Waals surface area contributed by atoms with Crippen molar-refractivity contribution in [1.29, 1.82) is 0 Å². The van der Waals surface area contributed by atoms with E-state index in [-0.39, 0.29) is 18.3 Å². The van der Waals surface area contributed by atoms with Gasteiger partial charge in [0.2, 0.25) is 5.91 Å². The Morgan fingerprint density at radius 2 is 1.63 bits per heavy atom. The SMILES string of the molecule is CCNC(=NCCOCCS(C)(=O)=O)N1CCN(CC(=O)N2CCCCCC2)CC1. The molecule has 0 radical (unpaired) electrons. The molecule has 1 N–H and O–H groups in total. The molecule has 174 valence electrons. The molecule has 9 nitrogen and oxygen atoms in total. The molecule has 0 spiro atoms. The maximum Gasteiger partial charge on any atom is 0.236 e. The van der Waals surface area contributed by atoms with E-state index in [0.717, 1.165) is 64.6 Å². The van der Waals surface area contributed by atoms with Gasteiger partial charge >= 0.3 is 0 Å². The van der Waals surface area contributed by atoms with E-state index in [9.17, 15) is 13.2 Å². The van der Waals surface area contributed by atoms with Crippen LogP contribution in [0.5, 0.6) is 0 Å². The van der Waals surface area contributed by atoms with Crippen LogP contribution in [0.2, 0.25) is 0 Å². The second kappa shape index (κ2) is 13.1. The number of ether oxygens (including phenoxy) is 1. The highest BCUT2D eigenvalue weighted by Gasteiger charge is 2.23. The third-order valence-electron chi connectivity index (χ3n) is 5.42. The molecular weight excluding hydrogens is 406 g/mol. The number of sulfone groups is 1. The van der Waals surface area contributed by atoms with Crippen LogP contribution in [0.1, 0.15) is 32.6 Å². The van der Waals surface area contributed by atoms with E-state index in [0.29, 0.717) is 19.7 Å². The van der Waals surface area contributed by atoms with Crippen molar-refractivity contribution in [2.24, 2.45) is 4.99 Å². The smallest absolute Gasteiger partial charge is 0.236 e. The van der Waals surface area contributed by atoms with Crippen LogP contribution in [0.15, 0.2) is 4.99 Å². The third kappa shape index (κ3) is 9.61. The van der Waals surface area contributed by atoms with Crippen molar-refractivity contribution in [1.82, 2.24) is 20.0 Å². The predicted octanol–water partition coefficient (Wildman–Crippen LogP) is 0.0333. The quantitative estimate of drug-likeness (QED) is 0.304. The zero-order valence-electron chi connectivity index (χ0n) is 18.6. The van der Waals surface area contributed by atoms with Gasteiger partial charge in [0.1, 0.15) is 9.84 Å². The van der Waals surface area contributed by atoms with E-state index >= 15 is 0 Å². The molecule has 2 heterocycles. The first-order valence-electron chi connectivity index (χ1n) is 11.2. The van der Waals surface area contributed by atoms with Gasteiger partial charge in [-0.1, -0.05) is 12.8 Å². The molecule has 0 atom stereocenters. The molecule has 30 heavy (non-hydrogen) atoms. The summed E-state index contributed by atoms with van der Waals surface area (Å²) in [5, 5.41) is 3.31. The van der Waals surface area contributed by atoms with Crippen LogP contribution in [0.25, 0.3) is 0 Å². The van der Waals surface area contributed by atoms with Crippen LogP contribution in [0.3, 0.4) is 0 Å². The number of carbonyl (C=O) groups excluding carboxylic acids is 1. The first kappa shape index (κ1) is 24.9. The Balaban J connectivity index is 1.72. The topological polar surface area (TPSA) is 94.5 Å². The molecule has 2 saturated heterocycles. The largest absolute Gasteiger partial charge is 0.378 e. The number of carbonyl (C=O) groups is 1. The third-order valence-corrected chi connectivity index (χ3v) is 6.33. The Hall–Kier alpha value is -1.39. The van der Waals surface area contributed by atoms with Crippen molar-refractivity contribution in [2.45, 2.75) is 32.6 Å². The molecular formula is C20H39N5O4S. The Kier molecular flexibility index (Phi) is 10.9. The fraction of sp³-hybridized carbons (Fsp3) is 0.900.